The summed E-state index contributed by atoms with van der Waals surface area (Å²) in [5.74, 6) is 0. The summed E-state index contributed by atoms with van der Waals surface area (Å²) in [5.41, 5.74) is 6.79. The van der Waals surface area contributed by atoms with Crippen LogP contribution >= 0.6 is 0 Å². The third kappa shape index (κ3) is 1.68. The van der Waals surface area contributed by atoms with Gasteiger partial charge in [0, 0.05) is 6.07 Å². The molecule has 11 heavy (non-hydrogen) atoms. The SMILES string of the molecule is Cc1ccc(N)c([NH+]([O-])O)c1. The predicted molar refractivity (Wildman–Crippen MR) is 41.4 cm³/mol. The van der Waals surface area contributed by atoms with E-state index >= 15 is 0 Å². The standard InChI is InChI=1S/C7H10N2O2/c1-5-2-3-6(8)7(4-5)9(10)11/h2-4,9-10H,8H2,1H3. The monoisotopic (exact) mass is 154 g/mol. The Kier molecular flexibility index (Phi) is 2.09. The molecule has 4 N–H and O–H groups in total. The fraction of sp³-hybridized carbons (Fsp3) is 0.143. The van der Waals surface area contributed by atoms with Gasteiger partial charge in [-0.2, -0.15) is 5.23 Å². The van der Waals surface area contributed by atoms with Crippen molar-refractivity contribution in [2.45, 2.75) is 6.92 Å². The highest BCUT2D eigenvalue weighted by molar-refractivity contribution is 5.58. The molecule has 0 spiro atoms. The van der Waals surface area contributed by atoms with Crippen LogP contribution in [0.5, 0.6) is 0 Å². The van der Waals surface area contributed by atoms with Crippen LogP contribution in [0.4, 0.5) is 11.4 Å². The van der Waals surface area contributed by atoms with E-state index in [1.807, 2.05) is 6.92 Å². The van der Waals surface area contributed by atoms with E-state index in [4.69, 9.17) is 10.9 Å². The molecule has 0 aromatic heterocycles. The molecular weight excluding hydrogens is 144 g/mol. The molecule has 0 saturated heterocycles. The highest BCUT2D eigenvalue weighted by Crippen LogP contribution is 2.14. The van der Waals surface area contributed by atoms with Gasteiger partial charge in [-0.1, -0.05) is 6.07 Å². The van der Waals surface area contributed by atoms with E-state index in [0.717, 1.165) is 5.56 Å². The summed E-state index contributed by atoms with van der Waals surface area (Å²) >= 11 is 0. The highest BCUT2D eigenvalue weighted by Gasteiger charge is 2.04. The molecule has 1 unspecified atom stereocenters. The molecule has 0 fully saturated rings. The van der Waals surface area contributed by atoms with Crippen molar-refractivity contribution in [2.75, 3.05) is 5.73 Å². The van der Waals surface area contributed by atoms with E-state index in [9.17, 15) is 5.21 Å². The second-order valence-corrected chi connectivity index (χ2v) is 2.40. The molecule has 60 valence electrons. The molecule has 0 aliphatic rings. The van der Waals surface area contributed by atoms with Crippen LogP contribution in [0.25, 0.3) is 0 Å². The van der Waals surface area contributed by atoms with Crippen molar-refractivity contribution in [2.24, 2.45) is 0 Å². The molecule has 4 nitrogen and oxygen atoms in total. The minimum absolute atomic E-state index is 0.171. The topological polar surface area (TPSA) is 73.8 Å². The van der Waals surface area contributed by atoms with Crippen molar-refractivity contribution >= 4 is 11.4 Å². The van der Waals surface area contributed by atoms with Gasteiger partial charge in [-0.25, -0.2) is 5.21 Å². The zero-order chi connectivity index (χ0) is 8.43. The minimum atomic E-state index is -0.980. The smallest absolute Gasteiger partial charge is 0.187 e. The summed E-state index contributed by atoms with van der Waals surface area (Å²) in [4.78, 5) is 0. The Morgan fingerprint density at radius 3 is 2.64 bits per heavy atom. The van der Waals surface area contributed by atoms with Crippen LogP contribution in [0.15, 0.2) is 18.2 Å². The van der Waals surface area contributed by atoms with Crippen molar-refractivity contribution in [1.82, 2.24) is 0 Å². The Bertz CT molecular complexity index is 261. The second-order valence-electron chi connectivity index (χ2n) is 2.40. The molecule has 0 aliphatic carbocycles. The van der Waals surface area contributed by atoms with E-state index in [1.165, 1.54) is 0 Å². The lowest BCUT2D eigenvalue weighted by Gasteiger charge is -2.13. The van der Waals surface area contributed by atoms with Gasteiger partial charge in [-0.3, -0.25) is 0 Å². The molecule has 0 aliphatic heterocycles. The van der Waals surface area contributed by atoms with E-state index < -0.39 is 5.23 Å². The fourth-order valence-corrected chi connectivity index (χ4v) is 0.855. The number of nitrogens with one attached hydrogen (secondary N) is 1. The second kappa shape index (κ2) is 2.87. The average Bonchev–Trinajstić information content (AvgIpc) is 1.94. The molecule has 0 radical (unpaired) electrons. The Balaban J connectivity index is 3.13. The van der Waals surface area contributed by atoms with Gasteiger partial charge in [-0.05, 0) is 18.6 Å². The molecule has 0 bridgehead atoms. The fourth-order valence-electron chi connectivity index (χ4n) is 0.855. The summed E-state index contributed by atoms with van der Waals surface area (Å²) in [6, 6.07) is 4.93. The van der Waals surface area contributed by atoms with Crippen LogP contribution in [0.3, 0.4) is 0 Å². The summed E-state index contributed by atoms with van der Waals surface area (Å²) in [6.45, 7) is 1.83. The number of aryl methyl sites for hydroxylation is 1. The molecule has 0 amide bonds. The lowest BCUT2D eigenvalue weighted by molar-refractivity contribution is -0.990. The van der Waals surface area contributed by atoms with Crippen LogP contribution in [0.2, 0.25) is 0 Å². The van der Waals surface area contributed by atoms with Crippen LogP contribution < -0.4 is 11.0 Å². The first-order chi connectivity index (χ1) is 5.11. The minimum Gasteiger partial charge on any atom is -0.595 e. The van der Waals surface area contributed by atoms with Gasteiger partial charge in [0.25, 0.3) is 0 Å². The van der Waals surface area contributed by atoms with E-state index in [1.54, 1.807) is 18.2 Å². The first kappa shape index (κ1) is 8.00. The first-order valence-corrected chi connectivity index (χ1v) is 3.20. The van der Waals surface area contributed by atoms with Gasteiger partial charge in [-0.15, -0.1) is 0 Å². The molecule has 1 rings (SSSR count). The van der Waals surface area contributed by atoms with Crippen LogP contribution in [-0.4, -0.2) is 5.21 Å². The summed E-state index contributed by atoms with van der Waals surface area (Å²) in [6.07, 6.45) is 0. The van der Waals surface area contributed by atoms with Gasteiger partial charge < -0.3 is 10.9 Å². The Labute approximate surface area is 64.4 Å². The maximum absolute atomic E-state index is 10.5. The molecule has 1 atom stereocenters. The summed E-state index contributed by atoms with van der Waals surface area (Å²) in [7, 11) is 0. The van der Waals surface area contributed by atoms with Gasteiger partial charge in [0.15, 0.2) is 5.69 Å². The maximum atomic E-state index is 10.5. The third-order valence-corrected chi connectivity index (χ3v) is 1.44. The molecule has 1 aromatic rings. The normalized spacial score (nSPS) is 13.0. The molecular formula is C7H10N2O2. The van der Waals surface area contributed by atoms with Gasteiger partial charge in [0.2, 0.25) is 0 Å². The zero-order valence-corrected chi connectivity index (χ0v) is 6.16. The number of hydrogen-bond acceptors (Lipinski definition) is 3. The van der Waals surface area contributed by atoms with Gasteiger partial charge in [0.1, 0.15) is 0 Å². The van der Waals surface area contributed by atoms with Crippen molar-refractivity contribution < 1.29 is 10.4 Å². The first-order valence-electron chi connectivity index (χ1n) is 3.20. The number of quaternary nitrogens is 1. The summed E-state index contributed by atoms with van der Waals surface area (Å²) in [5, 5.41) is 18.1. The van der Waals surface area contributed by atoms with Crippen LogP contribution in [0, 0.1) is 12.1 Å². The largest absolute Gasteiger partial charge is 0.595 e. The summed E-state index contributed by atoms with van der Waals surface area (Å²) < 4.78 is 0. The molecule has 0 saturated carbocycles. The number of nitrogens with two attached hydrogens (primary N) is 1. The number of hydrogen-bond donors (Lipinski definition) is 3. The molecule has 4 heteroatoms. The van der Waals surface area contributed by atoms with Crippen molar-refractivity contribution in [1.29, 1.82) is 0 Å². The Morgan fingerprint density at radius 1 is 1.55 bits per heavy atom. The van der Waals surface area contributed by atoms with Crippen LogP contribution in [0.1, 0.15) is 5.56 Å². The number of rotatable bonds is 1. The van der Waals surface area contributed by atoms with Crippen molar-refractivity contribution in [3.8, 4) is 0 Å². The van der Waals surface area contributed by atoms with Crippen LogP contribution in [-0.2, 0) is 0 Å². The lowest BCUT2D eigenvalue weighted by Crippen LogP contribution is -2.99. The maximum Gasteiger partial charge on any atom is 0.187 e. The highest BCUT2D eigenvalue weighted by atomic mass is 16.8. The quantitative estimate of drug-likeness (QED) is 0.393. The number of anilines is 1. The Morgan fingerprint density at radius 2 is 2.18 bits per heavy atom. The lowest BCUT2D eigenvalue weighted by atomic mass is 10.2. The van der Waals surface area contributed by atoms with E-state index in [0.29, 0.717) is 5.69 Å². The Hall–Kier alpha value is -1.10. The van der Waals surface area contributed by atoms with E-state index in [-0.39, 0.29) is 5.69 Å². The predicted octanol–water partition coefficient (Wildman–Crippen LogP) is -0.0194. The third-order valence-electron chi connectivity index (χ3n) is 1.44. The van der Waals surface area contributed by atoms with E-state index in [2.05, 4.69) is 0 Å². The van der Waals surface area contributed by atoms with Crippen molar-refractivity contribution in [3.05, 3.63) is 29.0 Å². The molecule has 0 heterocycles. The van der Waals surface area contributed by atoms with Gasteiger partial charge in [0.05, 0.1) is 5.69 Å². The van der Waals surface area contributed by atoms with Gasteiger partial charge >= 0.3 is 0 Å². The molecule has 1 aromatic carbocycles. The number of benzene rings is 1. The van der Waals surface area contributed by atoms with Crippen molar-refractivity contribution in [3.63, 3.8) is 0 Å². The zero-order valence-electron chi connectivity index (χ0n) is 6.16. The average molecular weight is 154 g/mol. The number of nitrogen functional groups attached to an aromatic ring is 1.